The Morgan fingerprint density at radius 3 is 2.67 bits per heavy atom. The number of amides is 1. The molecule has 1 fully saturated rings. The Morgan fingerprint density at radius 2 is 2.10 bits per heavy atom. The molecule has 1 heterocycles. The second kappa shape index (κ2) is 6.98. The van der Waals surface area contributed by atoms with Crippen LogP contribution in [0.25, 0.3) is 0 Å². The molecule has 1 atom stereocenters. The predicted molar refractivity (Wildman–Crippen MR) is 81.2 cm³/mol. The maximum absolute atomic E-state index is 12.2. The van der Waals surface area contributed by atoms with E-state index >= 15 is 0 Å². The summed E-state index contributed by atoms with van der Waals surface area (Å²) in [5.74, 6) is 0.292. The molecule has 0 aliphatic carbocycles. The topological polar surface area (TPSA) is 56.6 Å². The fourth-order valence-electron chi connectivity index (χ4n) is 2.53. The summed E-state index contributed by atoms with van der Waals surface area (Å²) in [5.41, 5.74) is 1.11. The average Bonchev–Trinajstić information content (AvgIpc) is 2.56. The summed E-state index contributed by atoms with van der Waals surface area (Å²) in [7, 11) is 1.66. The van der Waals surface area contributed by atoms with Crippen LogP contribution in [-0.4, -0.2) is 44.1 Å². The van der Waals surface area contributed by atoms with Crippen LogP contribution in [0.5, 0.6) is 5.75 Å². The van der Waals surface area contributed by atoms with Crippen molar-refractivity contribution in [2.24, 2.45) is 5.92 Å². The maximum atomic E-state index is 12.2. The monoisotopic (exact) mass is 287 g/mol. The molecule has 0 N–H and O–H groups in total. The second-order valence-corrected chi connectivity index (χ2v) is 5.10. The lowest BCUT2D eigenvalue weighted by molar-refractivity contribution is -0.134. The number of nitrogens with zero attached hydrogens (tertiary/aromatic N) is 3. The number of nitriles is 1. The van der Waals surface area contributed by atoms with Gasteiger partial charge in [-0.3, -0.25) is 4.79 Å². The highest BCUT2D eigenvalue weighted by molar-refractivity contribution is 5.81. The normalized spacial score (nSPS) is 16.2. The molecule has 1 aliphatic heterocycles. The van der Waals surface area contributed by atoms with E-state index in [-0.39, 0.29) is 5.91 Å². The van der Waals surface area contributed by atoms with Gasteiger partial charge in [-0.05, 0) is 18.6 Å². The third-order valence-corrected chi connectivity index (χ3v) is 3.87. The molecular weight excluding hydrogens is 266 g/mol. The van der Waals surface area contributed by atoms with E-state index in [1.807, 2.05) is 31.2 Å². The highest BCUT2D eigenvalue weighted by atomic mass is 16.5. The molecule has 0 radical (unpaired) electrons. The van der Waals surface area contributed by atoms with Crippen LogP contribution in [0.1, 0.15) is 13.3 Å². The van der Waals surface area contributed by atoms with Gasteiger partial charge in [-0.1, -0.05) is 13.0 Å². The van der Waals surface area contributed by atoms with E-state index in [0.717, 1.165) is 24.5 Å². The minimum atomic E-state index is -0.506. The Balaban J connectivity index is 1.97. The zero-order valence-electron chi connectivity index (χ0n) is 12.6. The summed E-state index contributed by atoms with van der Waals surface area (Å²) in [4.78, 5) is 16.2. The fourth-order valence-corrected chi connectivity index (χ4v) is 2.53. The molecular formula is C16H21N3O2. The lowest BCUT2D eigenvalue weighted by atomic mass is 10.1. The van der Waals surface area contributed by atoms with Crippen LogP contribution in [0.4, 0.5) is 5.69 Å². The molecule has 0 bridgehead atoms. The molecule has 1 saturated heterocycles. The van der Waals surface area contributed by atoms with Crippen molar-refractivity contribution in [1.29, 1.82) is 5.26 Å². The highest BCUT2D eigenvalue weighted by Gasteiger charge is 2.26. The number of piperazine rings is 1. The van der Waals surface area contributed by atoms with Gasteiger partial charge in [-0.2, -0.15) is 5.26 Å². The summed E-state index contributed by atoms with van der Waals surface area (Å²) >= 11 is 0. The quantitative estimate of drug-likeness (QED) is 0.848. The number of methoxy groups -OCH3 is 1. The van der Waals surface area contributed by atoms with Crippen LogP contribution < -0.4 is 9.64 Å². The number of hydrogen-bond donors (Lipinski definition) is 0. The molecule has 1 aliphatic rings. The summed E-state index contributed by atoms with van der Waals surface area (Å²) in [6, 6.07) is 10.0. The van der Waals surface area contributed by atoms with Crippen molar-refractivity contribution in [1.82, 2.24) is 4.90 Å². The van der Waals surface area contributed by atoms with Crippen molar-refractivity contribution >= 4 is 11.6 Å². The lowest BCUT2D eigenvalue weighted by Gasteiger charge is -2.36. The van der Waals surface area contributed by atoms with E-state index in [9.17, 15) is 4.79 Å². The number of hydrogen-bond acceptors (Lipinski definition) is 4. The third-order valence-electron chi connectivity index (χ3n) is 3.87. The largest absolute Gasteiger partial charge is 0.497 e. The molecule has 5 nitrogen and oxygen atoms in total. The van der Waals surface area contributed by atoms with E-state index in [1.165, 1.54) is 0 Å². The van der Waals surface area contributed by atoms with E-state index in [2.05, 4.69) is 11.0 Å². The minimum absolute atomic E-state index is 0.0368. The van der Waals surface area contributed by atoms with Gasteiger partial charge in [0.1, 0.15) is 11.7 Å². The number of rotatable bonds is 4. The smallest absolute Gasteiger partial charge is 0.240 e. The number of carbonyl (C=O) groups is 1. The van der Waals surface area contributed by atoms with Crippen LogP contribution in [0.15, 0.2) is 24.3 Å². The van der Waals surface area contributed by atoms with Gasteiger partial charge >= 0.3 is 0 Å². The first-order valence-corrected chi connectivity index (χ1v) is 7.27. The van der Waals surface area contributed by atoms with Crippen molar-refractivity contribution in [3.05, 3.63) is 24.3 Å². The first-order valence-electron chi connectivity index (χ1n) is 7.27. The van der Waals surface area contributed by atoms with Crippen LogP contribution >= 0.6 is 0 Å². The number of ether oxygens (including phenoxy) is 1. The first-order chi connectivity index (χ1) is 10.2. The predicted octanol–water partition coefficient (Wildman–Crippen LogP) is 1.89. The number of anilines is 1. The van der Waals surface area contributed by atoms with Crippen LogP contribution in [0.3, 0.4) is 0 Å². The van der Waals surface area contributed by atoms with Crippen molar-refractivity contribution in [3.63, 3.8) is 0 Å². The number of benzene rings is 1. The zero-order valence-corrected chi connectivity index (χ0v) is 12.6. The van der Waals surface area contributed by atoms with Crippen LogP contribution in [0.2, 0.25) is 0 Å². The number of carbonyl (C=O) groups excluding carboxylic acids is 1. The van der Waals surface area contributed by atoms with Gasteiger partial charge in [0, 0.05) is 37.9 Å². The average molecular weight is 287 g/mol. The molecule has 21 heavy (non-hydrogen) atoms. The van der Waals surface area contributed by atoms with Crippen molar-refractivity contribution in [2.75, 3.05) is 38.2 Å². The molecule has 1 amide bonds. The second-order valence-electron chi connectivity index (χ2n) is 5.10. The summed E-state index contributed by atoms with van der Waals surface area (Å²) in [5, 5.41) is 8.99. The van der Waals surface area contributed by atoms with Gasteiger partial charge in [0.2, 0.25) is 5.91 Å². The molecule has 0 spiro atoms. The van der Waals surface area contributed by atoms with Crippen LogP contribution in [0, 0.1) is 17.2 Å². The summed E-state index contributed by atoms with van der Waals surface area (Å²) < 4.78 is 5.24. The summed E-state index contributed by atoms with van der Waals surface area (Å²) in [6.07, 6.45) is 0.575. The van der Waals surface area contributed by atoms with E-state index in [1.54, 1.807) is 12.0 Å². The fraction of sp³-hybridized carbons (Fsp3) is 0.500. The Hall–Kier alpha value is -2.22. The molecule has 1 aromatic rings. The standard InChI is InChI=1S/C16H21N3O2/c1-3-13(12-17)16(20)19-9-7-18(8-10-19)14-5-4-6-15(11-14)21-2/h4-6,11,13H,3,7-10H2,1-2H3. The Bertz CT molecular complexity index is 531. The maximum Gasteiger partial charge on any atom is 0.240 e. The van der Waals surface area contributed by atoms with Gasteiger partial charge < -0.3 is 14.5 Å². The molecule has 112 valence electrons. The SMILES string of the molecule is CCC(C#N)C(=O)N1CCN(c2cccc(OC)c2)CC1. The molecule has 1 aromatic carbocycles. The summed E-state index contributed by atoms with van der Waals surface area (Å²) in [6.45, 7) is 4.75. The van der Waals surface area contributed by atoms with E-state index in [4.69, 9.17) is 10.00 Å². The molecule has 1 unspecified atom stereocenters. The zero-order chi connectivity index (χ0) is 15.2. The molecule has 5 heteroatoms. The van der Waals surface area contributed by atoms with Gasteiger partial charge in [-0.15, -0.1) is 0 Å². The third kappa shape index (κ3) is 3.46. The first kappa shape index (κ1) is 15.2. The Morgan fingerprint density at radius 1 is 1.38 bits per heavy atom. The highest BCUT2D eigenvalue weighted by Crippen LogP contribution is 2.22. The van der Waals surface area contributed by atoms with Crippen molar-refractivity contribution < 1.29 is 9.53 Å². The van der Waals surface area contributed by atoms with Gasteiger partial charge in [0.25, 0.3) is 0 Å². The van der Waals surface area contributed by atoms with Crippen LogP contribution in [-0.2, 0) is 4.79 Å². The van der Waals surface area contributed by atoms with Crippen molar-refractivity contribution in [3.8, 4) is 11.8 Å². The molecule has 0 aromatic heterocycles. The lowest BCUT2D eigenvalue weighted by Crippen LogP contribution is -2.50. The van der Waals surface area contributed by atoms with E-state index in [0.29, 0.717) is 19.5 Å². The van der Waals surface area contributed by atoms with Gasteiger partial charge in [-0.25, -0.2) is 0 Å². The van der Waals surface area contributed by atoms with E-state index < -0.39 is 5.92 Å². The molecule has 0 saturated carbocycles. The molecule has 2 rings (SSSR count). The van der Waals surface area contributed by atoms with Gasteiger partial charge in [0.05, 0.1) is 13.2 Å². The Labute approximate surface area is 125 Å². The minimum Gasteiger partial charge on any atom is -0.497 e. The van der Waals surface area contributed by atoms with Gasteiger partial charge in [0.15, 0.2) is 0 Å². The Kier molecular flexibility index (Phi) is 5.04. The van der Waals surface area contributed by atoms with Crippen molar-refractivity contribution in [2.45, 2.75) is 13.3 Å².